The number of carbonyl (C=O) groups is 1. The van der Waals surface area contributed by atoms with Crippen molar-refractivity contribution >= 4 is 18.1 Å². The maximum Gasteiger partial charge on any atom is 0.254 e. The predicted octanol–water partition coefficient (Wildman–Crippen LogP) is 3.14. The molecule has 0 fully saturated rings. The molecule has 0 aliphatic carbocycles. The van der Waals surface area contributed by atoms with E-state index in [2.05, 4.69) is 10.3 Å². The molecule has 2 heterocycles. The van der Waals surface area contributed by atoms with Crippen molar-refractivity contribution in [3.8, 4) is 0 Å². The fourth-order valence-electron chi connectivity index (χ4n) is 1.63. The fraction of sp³-hybridized carbons (Fsp3) is 0.231. The summed E-state index contributed by atoms with van der Waals surface area (Å²) < 4.78 is 5.89. The molecule has 18 heavy (non-hydrogen) atoms. The van der Waals surface area contributed by atoms with Gasteiger partial charge in [-0.3, -0.25) is 4.79 Å². The van der Waals surface area contributed by atoms with Crippen LogP contribution >= 0.6 is 12.2 Å². The molecule has 1 amide bonds. The summed E-state index contributed by atoms with van der Waals surface area (Å²) >= 11 is 5.06. The van der Waals surface area contributed by atoms with Crippen LogP contribution in [0.4, 0.5) is 0 Å². The van der Waals surface area contributed by atoms with Gasteiger partial charge in [-0.1, -0.05) is 12.2 Å². The van der Waals surface area contributed by atoms with Gasteiger partial charge in [0.2, 0.25) is 0 Å². The minimum atomic E-state index is -0.210. The highest BCUT2D eigenvalue weighted by Crippen LogP contribution is 2.16. The van der Waals surface area contributed by atoms with Gasteiger partial charge in [0.05, 0.1) is 11.6 Å². The number of hydrogen-bond donors (Lipinski definition) is 2. The molecular formula is C13H14N2O2S. The molecule has 2 aromatic heterocycles. The van der Waals surface area contributed by atoms with Crippen molar-refractivity contribution in [2.45, 2.75) is 19.9 Å². The van der Waals surface area contributed by atoms with Crippen LogP contribution in [0.15, 0.2) is 34.9 Å². The van der Waals surface area contributed by atoms with Crippen molar-refractivity contribution in [3.63, 3.8) is 0 Å². The Hall–Kier alpha value is -1.88. The number of aryl methyl sites for hydroxylation is 1. The van der Waals surface area contributed by atoms with E-state index in [0.717, 1.165) is 11.5 Å². The Bertz CT molecular complexity index is 615. The second kappa shape index (κ2) is 5.18. The second-order valence-electron chi connectivity index (χ2n) is 4.06. The molecule has 2 aromatic rings. The molecule has 5 heteroatoms. The normalized spacial score (nSPS) is 12.1. The van der Waals surface area contributed by atoms with Crippen LogP contribution in [0.2, 0.25) is 0 Å². The summed E-state index contributed by atoms with van der Waals surface area (Å²) in [5, 5.41) is 2.85. The molecule has 0 bridgehead atoms. The number of furan rings is 1. The summed E-state index contributed by atoms with van der Waals surface area (Å²) in [4.78, 5) is 14.8. The van der Waals surface area contributed by atoms with Gasteiger partial charge in [-0.05, 0) is 38.1 Å². The molecule has 0 aliphatic rings. The monoisotopic (exact) mass is 262 g/mol. The lowest BCUT2D eigenvalue weighted by Gasteiger charge is -2.11. The summed E-state index contributed by atoms with van der Waals surface area (Å²) in [5.74, 6) is 1.34. The third kappa shape index (κ3) is 2.68. The molecule has 0 aliphatic heterocycles. The first-order chi connectivity index (χ1) is 8.58. The van der Waals surface area contributed by atoms with E-state index in [1.165, 1.54) is 0 Å². The lowest BCUT2D eigenvalue weighted by atomic mass is 10.2. The number of pyridine rings is 1. The average molecular weight is 262 g/mol. The first kappa shape index (κ1) is 12.6. The highest BCUT2D eigenvalue weighted by Gasteiger charge is 2.14. The Kier molecular flexibility index (Phi) is 3.62. The largest absolute Gasteiger partial charge is 0.464 e. The third-order valence-electron chi connectivity index (χ3n) is 2.60. The Morgan fingerprint density at radius 3 is 2.83 bits per heavy atom. The molecule has 1 unspecified atom stereocenters. The lowest BCUT2D eigenvalue weighted by molar-refractivity contribution is 0.0934. The molecule has 0 aromatic carbocycles. The molecule has 94 valence electrons. The van der Waals surface area contributed by atoms with Crippen LogP contribution in [0.3, 0.4) is 0 Å². The highest BCUT2D eigenvalue weighted by atomic mass is 32.1. The Balaban J connectivity index is 2.13. The Labute approximate surface area is 110 Å². The van der Waals surface area contributed by atoms with Crippen LogP contribution in [0.5, 0.6) is 0 Å². The van der Waals surface area contributed by atoms with Crippen LogP contribution in [-0.4, -0.2) is 10.9 Å². The van der Waals surface area contributed by atoms with E-state index in [9.17, 15) is 4.79 Å². The maximum absolute atomic E-state index is 12.0. The van der Waals surface area contributed by atoms with E-state index in [-0.39, 0.29) is 11.9 Å². The molecule has 1 atom stereocenters. The summed E-state index contributed by atoms with van der Waals surface area (Å²) in [5.41, 5.74) is 0.461. The third-order valence-corrected chi connectivity index (χ3v) is 2.94. The zero-order chi connectivity index (χ0) is 13.1. The lowest BCUT2D eigenvalue weighted by Crippen LogP contribution is -2.26. The highest BCUT2D eigenvalue weighted by molar-refractivity contribution is 7.71. The van der Waals surface area contributed by atoms with Gasteiger partial charge in [-0.2, -0.15) is 0 Å². The van der Waals surface area contributed by atoms with Gasteiger partial charge in [0.1, 0.15) is 16.2 Å². The molecule has 2 N–H and O–H groups in total. The van der Waals surface area contributed by atoms with Gasteiger partial charge in [-0.15, -0.1) is 0 Å². The topological polar surface area (TPSA) is 58.0 Å². The maximum atomic E-state index is 12.0. The zero-order valence-corrected chi connectivity index (χ0v) is 11.0. The van der Waals surface area contributed by atoms with Gasteiger partial charge in [0, 0.05) is 6.20 Å². The van der Waals surface area contributed by atoms with E-state index in [0.29, 0.717) is 10.2 Å². The minimum absolute atomic E-state index is 0.194. The van der Waals surface area contributed by atoms with Crippen LogP contribution < -0.4 is 5.32 Å². The number of aromatic nitrogens is 1. The molecule has 0 spiro atoms. The van der Waals surface area contributed by atoms with Gasteiger partial charge < -0.3 is 14.7 Å². The number of hydrogen-bond acceptors (Lipinski definition) is 3. The second-order valence-corrected chi connectivity index (χ2v) is 4.46. The average Bonchev–Trinajstić information content (AvgIpc) is 2.76. The zero-order valence-electron chi connectivity index (χ0n) is 10.2. The van der Waals surface area contributed by atoms with E-state index in [1.807, 2.05) is 26.0 Å². The van der Waals surface area contributed by atoms with Gasteiger partial charge in [-0.25, -0.2) is 0 Å². The number of H-pyrrole nitrogens is 1. The van der Waals surface area contributed by atoms with Crippen molar-refractivity contribution in [1.29, 1.82) is 0 Å². The molecule has 0 radical (unpaired) electrons. The standard InChI is InChI=1S/C13H14N2O2S/c1-8-5-6-11(17-8)9(2)15-12(16)10-4-3-7-14-13(10)18/h3-7,9H,1-2H3,(H,14,18)(H,15,16). The minimum Gasteiger partial charge on any atom is -0.464 e. The number of aromatic amines is 1. The summed E-state index contributed by atoms with van der Waals surface area (Å²) in [6.07, 6.45) is 1.69. The van der Waals surface area contributed by atoms with Gasteiger partial charge in [0.15, 0.2) is 0 Å². The fourth-order valence-corrected chi connectivity index (χ4v) is 1.86. The van der Waals surface area contributed by atoms with Crippen molar-refractivity contribution in [2.24, 2.45) is 0 Å². The van der Waals surface area contributed by atoms with Crippen LogP contribution in [0.1, 0.15) is 34.8 Å². The van der Waals surface area contributed by atoms with Crippen molar-refractivity contribution in [2.75, 3.05) is 0 Å². The molecule has 2 rings (SSSR count). The van der Waals surface area contributed by atoms with E-state index < -0.39 is 0 Å². The molecule has 4 nitrogen and oxygen atoms in total. The first-order valence-electron chi connectivity index (χ1n) is 5.63. The summed E-state index contributed by atoms with van der Waals surface area (Å²) in [6, 6.07) is 6.96. The quantitative estimate of drug-likeness (QED) is 0.835. The Morgan fingerprint density at radius 1 is 1.44 bits per heavy atom. The van der Waals surface area contributed by atoms with Crippen LogP contribution in [0, 0.1) is 11.6 Å². The van der Waals surface area contributed by atoms with Crippen molar-refractivity contribution < 1.29 is 9.21 Å². The first-order valence-corrected chi connectivity index (χ1v) is 6.03. The number of rotatable bonds is 3. The molecular weight excluding hydrogens is 248 g/mol. The van der Waals surface area contributed by atoms with Gasteiger partial charge in [0.25, 0.3) is 5.91 Å². The SMILES string of the molecule is Cc1ccc(C(C)NC(=O)c2ccc[nH]c2=S)o1. The van der Waals surface area contributed by atoms with E-state index in [1.54, 1.807) is 18.3 Å². The summed E-state index contributed by atoms with van der Waals surface area (Å²) in [7, 11) is 0. The number of amides is 1. The van der Waals surface area contributed by atoms with Crippen molar-refractivity contribution in [1.82, 2.24) is 10.3 Å². The molecule has 0 saturated carbocycles. The Morgan fingerprint density at radius 2 is 2.22 bits per heavy atom. The van der Waals surface area contributed by atoms with Gasteiger partial charge >= 0.3 is 0 Å². The number of carbonyl (C=O) groups excluding carboxylic acids is 1. The molecule has 0 saturated heterocycles. The smallest absolute Gasteiger partial charge is 0.254 e. The van der Waals surface area contributed by atoms with Crippen LogP contribution in [0.25, 0.3) is 0 Å². The van der Waals surface area contributed by atoms with E-state index in [4.69, 9.17) is 16.6 Å². The predicted molar refractivity (Wildman–Crippen MR) is 71.0 cm³/mol. The van der Waals surface area contributed by atoms with Crippen molar-refractivity contribution in [3.05, 3.63) is 52.2 Å². The summed E-state index contributed by atoms with van der Waals surface area (Å²) in [6.45, 7) is 3.73. The number of nitrogens with one attached hydrogen (secondary N) is 2. The van der Waals surface area contributed by atoms with E-state index >= 15 is 0 Å². The van der Waals surface area contributed by atoms with Crippen LogP contribution in [-0.2, 0) is 0 Å².